The van der Waals surface area contributed by atoms with Crippen LogP contribution in [0.1, 0.15) is 39.4 Å². The molecule has 0 spiro atoms. The summed E-state index contributed by atoms with van der Waals surface area (Å²) in [5.41, 5.74) is 0.543. The molecule has 3 heterocycles. The second-order valence-electron chi connectivity index (χ2n) is 6.72. The van der Waals surface area contributed by atoms with Gasteiger partial charge in [0.25, 0.3) is 0 Å². The Balaban J connectivity index is 1.78. The van der Waals surface area contributed by atoms with Gasteiger partial charge in [0.05, 0.1) is 30.8 Å². The molecule has 3 aromatic heterocycles. The second-order valence-corrected chi connectivity index (χ2v) is 8.68. The van der Waals surface area contributed by atoms with Gasteiger partial charge >= 0.3 is 11.9 Å². The average molecular weight is 505 g/mol. The fourth-order valence-electron chi connectivity index (χ4n) is 3.01. The number of hydrogen-bond donors (Lipinski definition) is 1. The highest BCUT2D eigenvalue weighted by Gasteiger charge is 2.27. The third-order valence-electron chi connectivity index (χ3n) is 4.44. The van der Waals surface area contributed by atoms with Crippen LogP contribution in [0.25, 0.3) is 11.6 Å². The molecule has 1 N–H and O–H groups in total. The van der Waals surface area contributed by atoms with E-state index in [-0.39, 0.29) is 40.3 Å². The van der Waals surface area contributed by atoms with Crippen LogP contribution in [0.3, 0.4) is 0 Å². The van der Waals surface area contributed by atoms with Crippen molar-refractivity contribution in [3.05, 3.63) is 47.1 Å². The second kappa shape index (κ2) is 11.7. The van der Waals surface area contributed by atoms with E-state index in [0.717, 1.165) is 11.3 Å². The number of thioether (sulfide) groups is 1. The number of furan rings is 1. The lowest BCUT2D eigenvalue weighted by molar-refractivity contribution is -0.113. The number of carbonyl (C=O) groups is 3. The molecule has 0 aliphatic heterocycles. The lowest BCUT2D eigenvalue weighted by Crippen LogP contribution is -2.17. The number of carbonyl (C=O) groups excluding carboxylic acids is 3. The molecule has 0 aliphatic carbocycles. The number of esters is 2. The van der Waals surface area contributed by atoms with Crippen molar-refractivity contribution >= 4 is 45.9 Å². The Morgan fingerprint density at radius 1 is 1.24 bits per heavy atom. The first-order valence-electron chi connectivity index (χ1n) is 10.4. The normalized spacial score (nSPS) is 10.7. The van der Waals surface area contributed by atoms with E-state index in [1.807, 2.05) is 0 Å². The van der Waals surface area contributed by atoms with Gasteiger partial charge in [-0.1, -0.05) is 17.8 Å². The Kier molecular flexibility index (Phi) is 8.66. The predicted octanol–water partition coefficient (Wildman–Crippen LogP) is 4.18. The van der Waals surface area contributed by atoms with Crippen LogP contribution in [0.5, 0.6) is 0 Å². The largest absolute Gasteiger partial charge is 0.462 e. The fourth-order valence-corrected chi connectivity index (χ4v) is 4.86. The zero-order chi connectivity index (χ0) is 24.7. The maximum Gasteiger partial charge on any atom is 0.348 e. The molecule has 0 saturated heterocycles. The van der Waals surface area contributed by atoms with Gasteiger partial charge in [-0.15, -0.1) is 28.1 Å². The zero-order valence-electron chi connectivity index (χ0n) is 19.0. The molecule has 10 nitrogen and oxygen atoms in total. The van der Waals surface area contributed by atoms with Gasteiger partial charge in [0.2, 0.25) is 11.7 Å². The van der Waals surface area contributed by atoms with E-state index in [4.69, 9.17) is 13.9 Å². The van der Waals surface area contributed by atoms with Gasteiger partial charge in [-0.2, -0.15) is 0 Å². The minimum absolute atomic E-state index is 0.0125. The predicted molar refractivity (Wildman–Crippen MR) is 128 cm³/mol. The van der Waals surface area contributed by atoms with Gasteiger partial charge in [0.1, 0.15) is 9.88 Å². The van der Waals surface area contributed by atoms with E-state index in [1.165, 1.54) is 18.0 Å². The molecule has 12 heteroatoms. The molecular formula is C22H24N4O6S2. The minimum atomic E-state index is -0.622. The number of hydrogen-bond acceptors (Lipinski definition) is 10. The third kappa shape index (κ3) is 5.57. The SMILES string of the molecule is C=CCn1c(SCC(=O)Nc2sc(C(=O)OCC)c(C)c2C(=O)OCC)nnc1-c1ccco1. The lowest BCUT2D eigenvalue weighted by atomic mass is 10.1. The first-order chi connectivity index (χ1) is 16.4. The number of thiophene rings is 1. The van der Waals surface area contributed by atoms with E-state index in [0.29, 0.717) is 28.8 Å². The quantitative estimate of drug-likeness (QED) is 0.232. The van der Waals surface area contributed by atoms with Gasteiger partial charge in [-0.3, -0.25) is 9.36 Å². The van der Waals surface area contributed by atoms with E-state index in [9.17, 15) is 14.4 Å². The number of nitrogens with zero attached hydrogens (tertiary/aromatic N) is 3. The maximum absolute atomic E-state index is 12.7. The smallest absolute Gasteiger partial charge is 0.348 e. The Morgan fingerprint density at radius 3 is 2.62 bits per heavy atom. The number of amides is 1. The van der Waals surface area contributed by atoms with Crippen molar-refractivity contribution in [2.45, 2.75) is 32.5 Å². The van der Waals surface area contributed by atoms with Crippen molar-refractivity contribution in [1.82, 2.24) is 14.8 Å². The van der Waals surface area contributed by atoms with E-state index >= 15 is 0 Å². The molecule has 0 unspecified atom stereocenters. The van der Waals surface area contributed by atoms with Crippen LogP contribution in [0, 0.1) is 6.92 Å². The average Bonchev–Trinajstić information content (AvgIpc) is 3.52. The lowest BCUT2D eigenvalue weighted by Gasteiger charge is -2.08. The van der Waals surface area contributed by atoms with Gasteiger partial charge in [0, 0.05) is 6.54 Å². The molecular weight excluding hydrogens is 480 g/mol. The van der Waals surface area contributed by atoms with Crippen LogP contribution in [0.2, 0.25) is 0 Å². The molecule has 0 atom stereocenters. The summed E-state index contributed by atoms with van der Waals surface area (Å²) >= 11 is 2.14. The number of anilines is 1. The minimum Gasteiger partial charge on any atom is -0.462 e. The Hall–Kier alpha value is -3.38. The van der Waals surface area contributed by atoms with Gasteiger partial charge in [-0.05, 0) is 38.5 Å². The Morgan fingerprint density at radius 2 is 1.97 bits per heavy atom. The van der Waals surface area contributed by atoms with Gasteiger partial charge in [0.15, 0.2) is 10.9 Å². The first kappa shape index (κ1) is 25.2. The first-order valence-corrected chi connectivity index (χ1v) is 12.2. The van der Waals surface area contributed by atoms with E-state index in [2.05, 4.69) is 22.1 Å². The molecule has 0 aliphatic rings. The molecule has 0 fully saturated rings. The Bertz CT molecular complexity index is 1180. The highest BCUT2D eigenvalue weighted by molar-refractivity contribution is 7.99. The van der Waals surface area contributed by atoms with Crippen LogP contribution < -0.4 is 5.32 Å². The molecule has 3 rings (SSSR count). The van der Waals surface area contributed by atoms with E-state index in [1.54, 1.807) is 43.5 Å². The summed E-state index contributed by atoms with van der Waals surface area (Å²) < 4.78 is 17.4. The van der Waals surface area contributed by atoms with Crippen molar-refractivity contribution in [2.75, 3.05) is 24.3 Å². The monoisotopic (exact) mass is 504 g/mol. The standard InChI is InChI=1S/C22H24N4O6S2/c1-5-10-26-18(14-9-8-11-32-14)24-25-22(26)33-12-15(27)23-19-16(20(28)30-6-2)13(4)17(34-19)21(29)31-7-3/h5,8-9,11H,1,6-7,10,12H2,2-4H3,(H,23,27). The molecule has 0 radical (unpaired) electrons. The number of rotatable bonds is 11. The summed E-state index contributed by atoms with van der Waals surface area (Å²) in [5, 5.41) is 11.8. The topological polar surface area (TPSA) is 126 Å². The number of ether oxygens (including phenoxy) is 2. The summed E-state index contributed by atoms with van der Waals surface area (Å²) in [6.45, 7) is 9.51. The van der Waals surface area contributed by atoms with Crippen LogP contribution in [0.15, 0.2) is 40.6 Å². The number of allylic oxidation sites excluding steroid dienone is 1. The fraction of sp³-hybridized carbons (Fsp3) is 0.318. The Labute approximate surface area is 204 Å². The van der Waals surface area contributed by atoms with Crippen molar-refractivity contribution in [2.24, 2.45) is 0 Å². The highest BCUT2D eigenvalue weighted by Crippen LogP contribution is 2.34. The zero-order valence-corrected chi connectivity index (χ0v) is 20.6. The molecule has 3 aromatic rings. The summed E-state index contributed by atoms with van der Waals surface area (Å²) in [7, 11) is 0. The molecule has 0 aromatic carbocycles. The molecule has 0 saturated carbocycles. The van der Waals surface area contributed by atoms with E-state index < -0.39 is 11.9 Å². The molecule has 180 valence electrons. The third-order valence-corrected chi connectivity index (χ3v) is 6.60. The summed E-state index contributed by atoms with van der Waals surface area (Å²) in [6, 6.07) is 3.51. The molecule has 34 heavy (non-hydrogen) atoms. The van der Waals surface area contributed by atoms with Gasteiger partial charge < -0.3 is 19.2 Å². The molecule has 0 bridgehead atoms. The maximum atomic E-state index is 12.7. The van der Waals surface area contributed by atoms with Crippen LogP contribution in [-0.4, -0.2) is 51.6 Å². The van der Waals surface area contributed by atoms with Crippen molar-refractivity contribution < 1.29 is 28.3 Å². The number of aromatic nitrogens is 3. The summed E-state index contributed by atoms with van der Waals surface area (Å²) in [4.78, 5) is 37.8. The van der Waals surface area contributed by atoms with Crippen LogP contribution in [-0.2, 0) is 20.8 Å². The van der Waals surface area contributed by atoms with Crippen molar-refractivity contribution in [1.29, 1.82) is 0 Å². The molecule has 1 amide bonds. The summed E-state index contributed by atoms with van der Waals surface area (Å²) in [5.74, 6) is -0.519. The van der Waals surface area contributed by atoms with Crippen LogP contribution in [0.4, 0.5) is 5.00 Å². The number of nitrogens with one attached hydrogen (secondary N) is 1. The van der Waals surface area contributed by atoms with Crippen molar-refractivity contribution in [3.63, 3.8) is 0 Å². The summed E-state index contributed by atoms with van der Waals surface area (Å²) in [6.07, 6.45) is 3.23. The van der Waals surface area contributed by atoms with Crippen LogP contribution >= 0.6 is 23.1 Å². The van der Waals surface area contributed by atoms with Crippen molar-refractivity contribution in [3.8, 4) is 11.6 Å². The van der Waals surface area contributed by atoms with Gasteiger partial charge in [-0.25, -0.2) is 9.59 Å². The highest BCUT2D eigenvalue weighted by atomic mass is 32.2.